The van der Waals surface area contributed by atoms with Crippen LogP contribution >= 0.6 is 11.6 Å². The molecule has 2 heteroatoms. The summed E-state index contributed by atoms with van der Waals surface area (Å²) in [4.78, 5) is 2.70. The van der Waals surface area contributed by atoms with Gasteiger partial charge in [-0.1, -0.05) is 0 Å². The Bertz CT molecular complexity index is 400. The van der Waals surface area contributed by atoms with Crippen molar-refractivity contribution in [3.8, 4) is 0 Å². The third kappa shape index (κ3) is 7.37. The summed E-state index contributed by atoms with van der Waals surface area (Å²) in [6.07, 6.45) is 10.6. The second-order valence-electron chi connectivity index (χ2n) is 6.56. The van der Waals surface area contributed by atoms with E-state index >= 15 is 0 Å². The Hall–Kier alpha value is -0.207. The zero-order valence-electron chi connectivity index (χ0n) is 14.7. The van der Waals surface area contributed by atoms with Crippen molar-refractivity contribution in [2.75, 3.05) is 0 Å². The van der Waals surface area contributed by atoms with Crippen LogP contribution in [0.4, 0.5) is 0 Å². The molecule has 0 spiro atoms. The van der Waals surface area contributed by atoms with E-state index in [1.807, 2.05) is 12.1 Å². The van der Waals surface area contributed by atoms with Crippen LogP contribution in [-0.4, -0.2) is 13.3 Å². The SMILES string of the molecule is CCC[CH2][Ge](/[CH]=C/c1ccc(Cl)cc1)([CH2]CCC)[CH2]CCC. The summed E-state index contributed by atoms with van der Waals surface area (Å²) in [5.41, 5.74) is 1.31. The first-order valence-electron chi connectivity index (χ1n) is 9.10. The summed E-state index contributed by atoms with van der Waals surface area (Å²) in [7, 11) is 0. The molecule has 0 fully saturated rings. The van der Waals surface area contributed by atoms with Crippen LogP contribution in [0.25, 0.3) is 6.08 Å². The molecule has 22 heavy (non-hydrogen) atoms. The quantitative estimate of drug-likeness (QED) is 0.344. The fraction of sp³-hybridized carbons (Fsp3) is 0.600. The van der Waals surface area contributed by atoms with Crippen molar-refractivity contribution in [1.82, 2.24) is 0 Å². The van der Waals surface area contributed by atoms with Crippen LogP contribution in [-0.2, 0) is 0 Å². The van der Waals surface area contributed by atoms with Crippen molar-refractivity contribution >= 4 is 30.9 Å². The van der Waals surface area contributed by atoms with Gasteiger partial charge in [0, 0.05) is 0 Å². The maximum absolute atomic E-state index is 5.99. The molecular weight excluding hydrogens is 348 g/mol. The first-order chi connectivity index (χ1) is 10.7. The normalized spacial score (nSPS) is 12.2. The Morgan fingerprint density at radius 1 is 0.818 bits per heavy atom. The number of benzene rings is 1. The molecule has 0 aliphatic carbocycles. The molecule has 0 heterocycles. The van der Waals surface area contributed by atoms with Crippen LogP contribution in [0.15, 0.2) is 29.2 Å². The first-order valence-corrected chi connectivity index (χ1v) is 15.1. The fourth-order valence-corrected chi connectivity index (χ4v) is 13.6. The van der Waals surface area contributed by atoms with Gasteiger partial charge < -0.3 is 0 Å². The standard InChI is InChI=1S/C20H33ClGe/c1-4-7-15-22(16-8-5-2,17-9-6-3)18-14-19-10-12-20(21)13-11-19/h10-14,18H,4-9,15-17H2,1-3H3/b18-14+. The van der Waals surface area contributed by atoms with Gasteiger partial charge in [0.2, 0.25) is 0 Å². The Kier molecular flexibility index (Phi) is 10.2. The van der Waals surface area contributed by atoms with Gasteiger partial charge >= 0.3 is 146 Å². The number of halogens is 1. The van der Waals surface area contributed by atoms with Crippen molar-refractivity contribution in [3.63, 3.8) is 0 Å². The molecule has 0 unspecified atom stereocenters. The molecule has 0 saturated carbocycles. The van der Waals surface area contributed by atoms with Crippen molar-refractivity contribution in [2.24, 2.45) is 0 Å². The van der Waals surface area contributed by atoms with E-state index in [0.29, 0.717) is 0 Å². The number of unbranched alkanes of at least 4 members (excludes halogenated alkanes) is 3. The van der Waals surface area contributed by atoms with E-state index < -0.39 is 13.3 Å². The average Bonchev–Trinajstić information content (AvgIpc) is 2.55. The molecule has 124 valence electrons. The average molecular weight is 382 g/mol. The van der Waals surface area contributed by atoms with E-state index in [-0.39, 0.29) is 0 Å². The van der Waals surface area contributed by atoms with Crippen LogP contribution < -0.4 is 0 Å². The van der Waals surface area contributed by atoms with Crippen LogP contribution in [0.3, 0.4) is 0 Å². The summed E-state index contributed by atoms with van der Waals surface area (Å²) >= 11 is 4.15. The van der Waals surface area contributed by atoms with Gasteiger partial charge in [0.1, 0.15) is 0 Å². The molecule has 0 amide bonds. The van der Waals surface area contributed by atoms with Gasteiger partial charge in [0.15, 0.2) is 0 Å². The minimum atomic E-state index is -1.85. The van der Waals surface area contributed by atoms with Crippen molar-refractivity contribution in [2.45, 2.75) is 75.1 Å². The summed E-state index contributed by atoms with van der Waals surface area (Å²) in [6, 6.07) is 8.29. The van der Waals surface area contributed by atoms with E-state index in [4.69, 9.17) is 11.6 Å². The molecule has 0 aromatic heterocycles. The topological polar surface area (TPSA) is 0 Å². The fourth-order valence-electron chi connectivity index (χ4n) is 3.06. The third-order valence-electron chi connectivity index (χ3n) is 4.58. The van der Waals surface area contributed by atoms with Gasteiger partial charge in [-0.25, -0.2) is 0 Å². The van der Waals surface area contributed by atoms with Crippen LogP contribution in [0.1, 0.15) is 64.9 Å². The van der Waals surface area contributed by atoms with Crippen LogP contribution in [0, 0.1) is 0 Å². The summed E-state index contributed by atoms with van der Waals surface area (Å²) in [6.45, 7) is 6.99. The van der Waals surface area contributed by atoms with Crippen molar-refractivity contribution in [1.29, 1.82) is 0 Å². The van der Waals surface area contributed by atoms with E-state index in [9.17, 15) is 0 Å². The molecule has 0 N–H and O–H groups in total. The van der Waals surface area contributed by atoms with E-state index in [0.717, 1.165) is 5.02 Å². The second kappa shape index (κ2) is 11.3. The van der Waals surface area contributed by atoms with E-state index in [1.54, 1.807) is 0 Å². The number of hydrogen-bond donors (Lipinski definition) is 0. The maximum atomic E-state index is 5.99. The molecule has 0 bridgehead atoms. The molecule has 1 aromatic rings. The van der Waals surface area contributed by atoms with Gasteiger partial charge in [0.05, 0.1) is 0 Å². The molecule has 0 radical (unpaired) electrons. The van der Waals surface area contributed by atoms with Gasteiger partial charge in [-0.05, 0) is 0 Å². The zero-order chi connectivity index (χ0) is 16.3. The van der Waals surface area contributed by atoms with Crippen LogP contribution in [0.2, 0.25) is 20.8 Å². The van der Waals surface area contributed by atoms with E-state index in [2.05, 4.69) is 43.9 Å². The monoisotopic (exact) mass is 382 g/mol. The van der Waals surface area contributed by atoms with E-state index in [1.165, 1.54) is 59.8 Å². The summed E-state index contributed by atoms with van der Waals surface area (Å²) in [5, 5.41) is 5.37. The summed E-state index contributed by atoms with van der Waals surface area (Å²) < 4.78 is 0. The Balaban J connectivity index is 2.90. The van der Waals surface area contributed by atoms with Gasteiger partial charge in [-0.15, -0.1) is 0 Å². The van der Waals surface area contributed by atoms with Crippen LogP contribution in [0.5, 0.6) is 0 Å². The molecule has 0 atom stereocenters. The van der Waals surface area contributed by atoms with Crippen molar-refractivity contribution in [3.05, 3.63) is 39.8 Å². The molecule has 0 aliphatic heterocycles. The molecule has 0 aliphatic rings. The Morgan fingerprint density at radius 2 is 1.27 bits per heavy atom. The number of rotatable bonds is 11. The predicted molar refractivity (Wildman–Crippen MR) is 105 cm³/mol. The molecular formula is C20H33ClGe. The molecule has 1 rings (SSSR count). The van der Waals surface area contributed by atoms with Gasteiger partial charge in [-0.2, -0.15) is 0 Å². The molecule has 0 saturated heterocycles. The first kappa shape index (κ1) is 19.8. The second-order valence-corrected chi connectivity index (χ2v) is 16.6. The van der Waals surface area contributed by atoms with Crippen molar-refractivity contribution < 1.29 is 0 Å². The zero-order valence-corrected chi connectivity index (χ0v) is 17.6. The van der Waals surface area contributed by atoms with Gasteiger partial charge in [-0.3, -0.25) is 0 Å². The predicted octanol–water partition coefficient (Wildman–Crippen LogP) is 7.74. The van der Waals surface area contributed by atoms with Gasteiger partial charge in [0.25, 0.3) is 0 Å². The summed E-state index contributed by atoms with van der Waals surface area (Å²) in [5.74, 6) is 0. The molecule has 1 aromatic carbocycles. The molecule has 0 nitrogen and oxygen atoms in total. The third-order valence-corrected chi connectivity index (χ3v) is 15.2. The Labute approximate surface area is 145 Å². The Morgan fingerprint density at radius 3 is 1.68 bits per heavy atom. The number of hydrogen-bond acceptors (Lipinski definition) is 0. The minimum absolute atomic E-state index is 0.827.